The molecule has 4 heteroatoms. The smallest absolute Gasteiger partial charge is 0.163 e. The second kappa shape index (κ2) is 6.23. The molecule has 1 aliphatic heterocycles. The van der Waals surface area contributed by atoms with Gasteiger partial charge in [0.25, 0.3) is 0 Å². The Labute approximate surface area is 113 Å². The van der Waals surface area contributed by atoms with Crippen molar-refractivity contribution in [3.8, 4) is 0 Å². The van der Waals surface area contributed by atoms with Crippen LogP contribution in [-0.2, 0) is 0 Å². The van der Waals surface area contributed by atoms with Crippen LogP contribution in [-0.4, -0.2) is 35.4 Å². The van der Waals surface area contributed by atoms with Gasteiger partial charge in [-0.1, -0.05) is 0 Å². The van der Waals surface area contributed by atoms with E-state index >= 15 is 0 Å². The van der Waals surface area contributed by atoms with E-state index in [0.29, 0.717) is 0 Å². The number of pyridine rings is 1. The number of nitrogens with zero attached hydrogens (tertiary/aromatic N) is 2. The number of carbonyl (C=O) groups excluding carboxylic acids is 1. The maximum atomic E-state index is 11.6. The summed E-state index contributed by atoms with van der Waals surface area (Å²) < 4.78 is 0. The number of carbonyl (C=O) groups is 1. The average Bonchev–Trinajstić information content (AvgIpc) is 2.63. The van der Waals surface area contributed by atoms with Gasteiger partial charge in [0.2, 0.25) is 0 Å². The van der Waals surface area contributed by atoms with Crippen LogP contribution in [0.3, 0.4) is 0 Å². The van der Waals surface area contributed by atoms with Crippen LogP contribution < -0.4 is 4.90 Å². The Hall–Kier alpha value is -1.03. The Kier molecular flexibility index (Phi) is 4.64. The first-order chi connectivity index (χ1) is 8.72. The zero-order valence-corrected chi connectivity index (χ0v) is 11.9. The summed E-state index contributed by atoms with van der Waals surface area (Å²) in [4.78, 5) is 18.3. The number of aromatic nitrogens is 1. The van der Waals surface area contributed by atoms with Gasteiger partial charge in [0.05, 0.1) is 5.56 Å². The Morgan fingerprint density at radius 1 is 1.44 bits per heavy atom. The maximum absolute atomic E-state index is 11.6. The number of hydrogen-bond donors (Lipinski definition) is 0. The fourth-order valence-electron chi connectivity index (χ4n) is 2.44. The van der Waals surface area contributed by atoms with E-state index in [1.165, 1.54) is 19.3 Å². The van der Waals surface area contributed by atoms with Crippen molar-refractivity contribution < 1.29 is 4.79 Å². The molecular weight excluding hydrogens is 244 g/mol. The molecule has 1 unspecified atom stereocenters. The highest BCUT2D eigenvalue weighted by molar-refractivity contribution is 7.99. The molecule has 0 amide bonds. The summed E-state index contributed by atoms with van der Waals surface area (Å²) in [5.74, 6) is 0.968. The number of ketones is 1. The van der Waals surface area contributed by atoms with Crippen LogP contribution >= 0.6 is 11.8 Å². The third-order valence-corrected chi connectivity index (χ3v) is 4.61. The van der Waals surface area contributed by atoms with Crippen molar-refractivity contribution >= 4 is 23.4 Å². The number of hydrogen-bond acceptors (Lipinski definition) is 4. The summed E-state index contributed by atoms with van der Waals surface area (Å²) in [7, 11) is 0. The zero-order valence-electron chi connectivity index (χ0n) is 11.1. The van der Waals surface area contributed by atoms with E-state index in [-0.39, 0.29) is 5.78 Å². The van der Waals surface area contributed by atoms with E-state index in [1.807, 2.05) is 23.9 Å². The summed E-state index contributed by atoms with van der Waals surface area (Å²) in [5.41, 5.74) is 0.750. The first-order valence-electron chi connectivity index (χ1n) is 6.46. The van der Waals surface area contributed by atoms with Crippen LogP contribution in [0, 0.1) is 0 Å². The molecule has 0 spiro atoms. The van der Waals surface area contributed by atoms with E-state index < -0.39 is 0 Å². The fourth-order valence-corrected chi connectivity index (χ4v) is 3.18. The second-order valence-corrected chi connectivity index (χ2v) is 5.84. The van der Waals surface area contributed by atoms with Crippen molar-refractivity contribution in [2.75, 3.05) is 24.2 Å². The van der Waals surface area contributed by atoms with E-state index in [9.17, 15) is 4.79 Å². The number of Topliss-reactive ketones (excluding diaryl/α,β-unsaturated/α-hetero) is 1. The van der Waals surface area contributed by atoms with E-state index in [4.69, 9.17) is 0 Å². The van der Waals surface area contributed by atoms with Crippen molar-refractivity contribution in [1.82, 2.24) is 4.98 Å². The van der Waals surface area contributed by atoms with Crippen molar-refractivity contribution in [3.63, 3.8) is 0 Å². The third kappa shape index (κ3) is 3.05. The summed E-state index contributed by atoms with van der Waals surface area (Å²) in [5, 5.41) is 0.750. The monoisotopic (exact) mass is 264 g/mol. The van der Waals surface area contributed by atoms with Crippen LogP contribution in [0.2, 0.25) is 0 Å². The average molecular weight is 264 g/mol. The van der Waals surface area contributed by atoms with Gasteiger partial charge in [-0.2, -0.15) is 11.8 Å². The minimum absolute atomic E-state index is 0.101. The van der Waals surface area contributed by atoms with Gasteiger partial charge in [-0.15, -0.1) is 0 Å². The van der Waals surface area contributed by atoms with Gasteiger partial charge in [0.15, 0.2) is 5.78 Å². The van der Waals surface area contributed by atoms with Gasteiger partial charge in [0, 0.05) is 24.5 Å². The van der Waals surface area contributed by atoms with Crippen molar-refractivity contribution in [3.05, 3.63) is 23.9 Å². The summed E-state index contributed by atoms with van der Waals surface area (Å²) >= 11 is 1.95. The van der Waals surface area contributed by atoms with E-state index in [2.05, 4.69) is 16.1 Å². The number of rotatable bonds is 3. The van der Waals surface area contributed by atoms with Crippen LogP contribution in [0.4, 0.5) is 5.82 Å². The largest absolute Gasteiger partial charge is 0.356 e. The normalized spacial score (nSPS) is 20.6. The van der Waals surface area contributed by atoms with Crippen LogP contribution in [0.25, 0.3) is 0 Å². The molecule has 98 valence electrons. The highest BCUT2D eigenvalue weighted by Crippen LogP contribution is 2.25. The summed E-state index contributed by atoms with van der Waals surface area (Å²) in [6.45, 7) is 3.63. The first-order valence-corrected chi connectivity index (χ1v) is 7.75. The van der Waals surface area contributed by atoms with Crippen LogP contribution in [0.15, 0.2) is 18.3 Å². The molecule has 3 nitrogen and oxygen atoms in total. The molecule has 1 fully saturated rings. The van der Waals surface area contributed by atoms with Gasteiger partial charge >= 0.3 is 0 Å². The molecule has 2 heterocycles. The molecule has 1 saturated heterocycles. The topological polar surface area (TPSA) is 33.2 Å². The fraction of sp³-hybridized carbons (Fsp3) is 0.571. The molecular formula is C14H20N2OS. The minimum atomic E-state index is 0.101. The van der Waals surface area contributed by atoms with Gasteiger partial charge < -0.3 is 4.90 Å². The Bertz CT molecular complexity index is 422. The minimum Gasteiger partial charge on any atom is -0.356 e. The van der Waals surface area contributed by atoms with Gasteiger partial charge in [-0.05, 0) is 44.6 Å². The molecule has 2 rings (SSSR count). The molecule has 0 N–H and O–H groups in total. The first kappa shape index (κ1) is 13.4. The van der Waals surface area contributed by atoms with E-state index in [1.54, 1.807) is 13.1 Å². The molecule has 0 aromatic carbocycles. The summed E-state index contributed by atoms with van der Waals surface area (Å²) in [6.07, 6.45) is 7.58. The lowest BCUT2D eigenvalue weighted by Crippen LogP contribution is -2.27. The molecule has 18 heavy (non-hydrogen) atoms. The molecule has 0 bridgehead atoms. The highest BCUT2D eigenvalue weighted by Gasteiger charge is 2.20. The predicted molar refractivity (Wildman–Crippen MR) is 77.6 cm³/mol. The number of anilines is 1. The standard InChI is InChI=1S/C14H20N2OS/c1-11(17)13-6-3-8-15-14(13)16-9-4-5-12(18-2)7-10-16/h3,6,8,12H,4-5,7,9-10H2,1-2H3. The molecule has 0 aliphatic carbocycles. The van der Waals surface area contributed by atoms with Crippen LogP contribution in [0.1, 0.15) is 36.5 Å². The van der Waals surface area contributed by atoms with Crippen molar-refractivity contribution in [1.29, 1.82) is 0 Å². The predicted octanol–water partition coefficient (Wildman–Crippen LogP) is 3.01. The quantitative estimate of drug-likeness (QED) is 0.786. The Balaban J connectivity index is 2.18. The Morgan fingerprint density at radius 2 is 2.28 bits per heavy atom. The highest BCUT2D eigenvalue weighted by atomic mass is 32.2. The van der Waals surface area contributed by atoms with Crippen LogP contribution in [0.5, 0.6) is 0 Å². The Morgan fingerprint density at radius 3 is 3.00 bits per heavy atom. The van der Waals surface area contributed by atoms with Crippen molar-refractivity contribution in [2.24, 2.45) is 0 Å². The second-order valence-electron chi connectivity index (χ2n) is 4.71. The lowest BCUT2D eigenvalue weighted by molar-refractivity contribution is 0.101. The summed E-state index contributed by atoms with van der Waals surface area (Å²) in [6, 6.07) is 3.71. The molecule has 1 aliphatic rings. The molecule has 0 saturated carbocycles. The maximum Gasteiger partial charge on any atom is 0.163 e. The SMILES string of the molecule is CSC1CCCN(c2ncccc2C(C)=O)CC1. The van der Waals surface area contributed by atoms with Gasteiger partial charge in [0.1, 0.15) is 5.82 Å². The molecule has 1 aromatic rings. The molecule has 1 atom stereocenters. The zero-order chi connectivity index (χ0) is 13.0. The van der Waals surface area contributed by atoms with Gasteiger partial charge in [-0.3, -0.25) is 4.79 Å². The molecule has 0 radical (unpaired) electrons. The van der Waals surface area contributed by atoms with Gasteiger partial charge in [-0.25, -0.2) is 4.98 Å². The molecule has 1 aromatic heterocycles. The number of thioether (sulfide) groups is 1. The third-order valence-electron chi connectivity index (χ3n) is 3.47. The lowest BCUT2D eigenvalue weighted by atomic mass is 10.1. The van der Waals surface area contributed by atoms with E-state index in [0.717, 1.165) is 29.7 Å². The lowest BCUT2D eigenvalue weighted by Gasteiger charge is -2.23. The van der Waals surface area contributed by atoms with Crippen molar-refractivity contribution in [2.45, 2.75) is 31.4 Å².